The van der Waals surface area contributed by atoms with Crippen LogP contribution >= 0.6 is 15.9 Å². The zero-order chi connectivity index (χ0) is 10.6. The number of methoxy groups -OCH3 is 1. The number of hydrogen-bond donors (Lipinski definition) is 1. The van der Waals surface area contributed by atoms with Crippen molar-refractivity contribution in [2.24, 2.45) is 0 Å². The van der Waals surface area contributed by atoms with E-state index >= 15 is 0 Å². The van der Waals surface area contributed by atoms with Crippen LogP contribution in [0.15, 0.2) is 21.2 Å². The molecule has 80 valence electrons. The Bertz CT molecular complexity index is 283. The third-order valence-corrected chi connectivity index (χ3v) is 2.30. The fourth-order valence-electron chi connectivity index (χ4n) is 1.19. The van der Waals surface area contributed by atoms with Crippen LogP contribution in [0.3, 0.4) is 0 Å². The lowest BCUT2D eigenvalue weighted by Crippen LogP contribution is -2.42. The third-order valence-electron chi connectivity index (χ3n) is 1.88. The second kappa shape index (κ2) is 4.96. The molecule has 0 radical (unpaired) electrons. The Morgan fingerprint density at radius 2 is 2.21 bits per heavy atom. The van der Waals surface area contributed by atoms with Crippen LogP contribution in [-0.2, 0) is 11.3 Å². The van der Waals surface area contributed by atoms with Gasteiger partial charge in [-0.1, -0.05) is 0 Å². The average Bonchev–Trinajstić information content (AvgIpc) is 2.48. The molecule has 1 aromatic heterocycles. The summed E-state index contributed by atoms with van der Waals surface area (Å²) in [6.07, 6.45) is 0. The van der Waals surface area contributed by atoms with Gasteiger partial charge in [-0.25, -0.2) is 0 Å². The third kappa shape index (κ3) is 3.82. The van der Waals surface area contributed by atoms with Crippen molar-refractivity contribution in [2.75, 3.05) is 13.7 Å². The molecule has 1 N–H and O–H groups in total. The average molecular weight is 262 g/mol. The highest BCUT2D eigenvalue weighted by molar-refractivity contribution is 9.10. The van der Waals surface area contributed by atoms with E-state index in [0.29, 0.717) is 13.2 Å². The first-order valence-electron chi connectivity index (χ1n) is 4.52. The van der Waals surface area contributed by atoms with Gasteiger partial charge in [-0.2, -0.15) is 0 Å². The Morgan fingerprint density at radius 3 is 2.71 bits per heavy atom. The van der Waals surface area contributed by atoms with Crippen molar-refractivity contribution in [1.82, 2.24) is 5.32 Å². The van der Waals surface area contributed by atoms with Gasteiger partial charge >= 0.3 is 0 Å². The summed E-state index contributed by atoms with van der Waals surface area (Å²) in [6.45, 7) is 5.57. The number of halogens is 1. The lowest BCUT2D eigenvalue weighted by molar-refractivity contribution is 0.126. The fraction of sp³-hybridized carbons (Fsp3) is 0.600. The molecule has 0 spiro atoms. The van der Waals surface area contributed by atoms with E-state index in [2.05, 4.69) is 35.1 Å². The molecule has 3 nitrogen and oxygen atoms in total. The zero-order valence-electron chi connectivity index (χ0n) is 8.76. The van der Waals surface area contributed by atoms with Crippen molar-refractivity contribution >= 4 is 15.9 Å². The van der Waals surface area contributed by atoms with Crippen molar-refractivity contribution in [2.45, 2.75) is 25.9 Å². The normalized spacial score (nSPS) is 12.0. The standard InChI is InChI=1S/C10H16BrNO2/c1-10(2,7-13-3)12-6-8-4-5-9(11)14-8/h4-5,12H,6-7H2,1-3H3. The van der Waals surface area contributed by atoms with E-state index < -0.39 is 0 Å². The van der Waals surface area contributed by atoms with Crippen molar-refractivity contribution in [3.63, 3.8) is 0 Å². The van der Waals surface area contributed by atoms with Crippen LogP contribution in [0, 0.1) is 0 Å². The minimum absolute atomic E-state index is 0.0337. The van der Waals surface area contributed by atoms with Crippen LogP contribution in [0.2, 0.25) is 0 Å². The van der Waals surface area contributed by atoms with Gasteiger partial charge in [-0.3, -0.25) is 0 Å². The van der Waals surface area contributed by atoms with E-state index in [0.717, 1.165) is 10.4 Å². The molecule has 0 fully saturated rings. The fourth-order valence-corrected chi connectivity index (χ4v) is 1.53. The van der Waals surface area contributed by atoms with Gasteiger partial charge in [0.2, 0.25) is 0 Å². The molecule has 0 unspecified atom stereocenters. The number of hydrogen-bond acceptors (Lipinski definition) is 3. The maximum atomic E-state index is 5.37. The molecule has 4 heteroatoms. The van der Waals surface area contributed by atoms with Gasteiger partial charge in [-0.15, -0.1) is 0 Å². The molecular formula is C10H16BrNO2. The summed E-state index contributed by atoms with van der Waals surface area (Å²) in [5.41, 5.74) is -0.0337. The predicted octanol–water partition coefficient (Wildman–Crippen LogP) is 2.56. The summed E-state index contributed by atoms with van der Waals surface area (Å²) in [5.74, 6) is 0.918. The van der Waals surface area contributed by atoms with E-state index in [-0.39, 0.29) is 5.54 Å². The maximum absolute atomic E-state index is 5.37. The van der Waals surface area contributed by atoms with Crippen LogP contribution in [0.4, 0.5) is 0 Å². The lowest BCUT2D eigenvalue weighted by Gasteiger charge is -2.24. The number of ether oxygens (including phenoxy) is 1. The molecule has 0 aliphatic heterocycles. The predicted molar refractivity (Wildman–Crippen MR) is 59.2 cm³/mol. The van der Waals surface area contributed by atoms with Gasteiger partial charge in [0.05, 0.1) is 13.2 Å². The molecule has 0 aliphatic rings. The summed E-state index contributed by atoms with van der Waals surface area (Å²) < 4.78 is 11.2. The maximum Gasteiger partial charge on any atom is 0.169 e. The van der Waals surface area contributed by atoms with E-state index in [1.54, 1.807) is 7.11 Å². The summed E-state index contributed by atoms with van der Waals surface area (Å²) in [4.78, 5) is 0. The molecule has 1 rings (SSSR count). The number of furan rings is 1. The second-order valence-electron chi connectivity index (χ2n) is 3.88. The van der Waals surface area contributed by atoms with Crippen LogP contribution in [0.25, 0.3) is 0 Å². The topological polar surface area (TPSA) is 34.4 Å². The van der Waals surface area contributed by atoms with Crippen molar-refractivity contribution in [3.05, 3.63) is 22.6 Å². The Kier molecular flexibility index (Phi) is 4.16. The highest BCUT2D eigenvalue weighted by Crippen LogP contribution is 2.14. The largest absolute Gasteiger partial charge is 0.453 e. The summed E-state index contributed by atoms with van der Waals surface area (Å²) in [7, 11) is 1.70. The highest BCUT2D eigenvalue weighted by Gasteiger charge is 2.16. The van der Waals surface area contributed by atoms with Crippen LogP contribution in [0.1, 0.15) is 19.6 Å². The zero-order valence-corrected chi connectivity index (χ0v) is 10.3. The summed E-state index contributed by atoms with van der Waals surface area (Å²) in [6, 6.07) is 3.83. The molecule has 0 aliphatic carbocycles. The molecule has 0 saturated carbocycles. The minimum Gasteiger partial charge on any atom is -0.453 e. The Morgan fingerprint density at radius 1 is 1.50 bits per heavy atom. The first-order chi connectivity index (χ1) is 6.53. The molecule has 1 aromatic rings. The van der Waals surface area contributed by atoms with Crippen LogP contribution < -0.4 is 5.32 Å². The quantitative estimate of drug-likeness (QED) is 0.885. The molecule has 14 heavy (non-hydrogen) atoms. The van der Waals surface area contributed by atoms with Crippen molar-refractivity contribution in [1.29, 1.82) is 0 Å². The first kappa shape index (κ1) is 11.8. The van der Waals surface area contributed by atoms with Gasteiger partial charge in [0.15, 0.2) is 4.67 Å². The van der Waals surface area contributed by atoms with E-state index in [4.69, 9.17) is 9.15 Å². The molecule has 0 aromatic carbocycles. The Hall–Kier alpha value is -0.320. The number of nitrogens with one attached hydrogen (secondary N) is 1. The molecule has 0 amide bonds. The highest BCUT2D eigenvalue weighted by atomic mass is 79.9. The van der Waals surface area contributed by atoms with E-state index in [1.807, 2.05) is 12.1 Å². The van der Waals surface area contributed by atoms with Gasteiger partial charge in [0.1, 0.15) is 5.76 Å². The van der Waals surface area contributed by atoms with Crippen LogP contribution in [-0.4, -0.2) is 19.3 Å². The second-order valence-corrected chi connectivity index (χ2v) is 4.66. The smallest absolute Gasteiger partial charge is 0.169 e. The summed E-state index contributed by atoms with van der Waals surface area (Å²) >= 11 is 3.26. The molecule has 1 heterocycles. The van der Waals surface area contributed by atoms with Gasteiger partial charge < -0.3 is 14.5 Å². The van der Waals surface area contributed by atoms with Gasteiger partial charge in [0.25, 0.3) is 0 Å². The molecule has 0 saturated heterocycles. The lowest BCUT2D eigenvalue weighted by atomic mass is 10.1. The summed E-state index contributed by atoms with van der Waals surface area (Å²) in [5, 5.41) is 3.35. The van der Waals surface area contributed by atoms with Gasteiger partial charge in [0, 0.05) is 12.6 Å². The van der Waals surface area contributed by atoms with E-state index in [1.165, 1.54) is 0 Å². The molecule has 0 bridgehead atoms. The number of rotatable bonds is 5. The minimum atomic E-state index is -0.0337. The Balaban J connectivity index is 2.40. The van der Waals surface area contributed by atoms with E-state index in [9.17, 15) is 0 Å². The molecule has 0 atom stereocenters. The Labute approximate surface area is 92.9 Å². The first-order valence-corrected chi connectivity index (χ1v) is 5.31. The SMILES string of the molecule is COCC(C)(C)NCc1ccc(Br)o1. The van der Waals surface area contributed by atoms with Crippen molar-refractivity contribution < 1.29 is 9.15 Å². The molecular weight excluding hydrogens is 246 g/mol. The monoisotopic (exact) mass is 261 g/mol. The van der Waals surface area contributed by atoms with Crippen LogP contribution in [0.5, 0.6) is 0 Å². The van der Waals surface area contributed by atoms with Crippen molar-refractivity contribution in [3.8, 4) is 0 Å². The van der Waals surface area contributed by atoms with Gasteiger partial charge in [-0.05, 0) is 41.9 Å².